The van der Waals surface area contributed by atoms with Gasteiger partial charge in [-0.05, 0) is 62.6 Å². The van der Waals surface area contributed by atoms with Crippen LogP contribution in [0.3, 0.4) is 0 Å². The van der Waals surface area contributed by atoms with Crippen LogP contribution in [0.4, 0.5) is 8.78 Å². The van der Waals surface area contributed by atoms with E-state index in [1.807, 2.05) is 18.7 Å². The molecule has 0 aromatic heterocycles. The summed E-state index contributed by atoms with van der Waals surface area (Å²) in [4.78, 5) is 4.49. The number of hydrogen-bond acceptors (Lipinski definition) is 2. The van der Waals surface area contributed by atoms with Gasteiger partial charge < -0.3 is 10.6 Å². The number of nitrogens with zero attached hydrogens (tertiary/aromatic N) is 1. The van der Waals surface area contributed by atoms with Gasteiger partial charge in [0.2, 0.25) is 0 Å². The van der Waals surface area contributed by atoms with Crippen LogP contribution in [0.2, 0.25) is 0 Å². The lowest BCUT2D eigenvalue weighted by Gasteiger charge is -2.17. The van der Waals surface area contributed by atoms with Gasteiger partial charge in [-0.15, -0.1) is 0 Å². The van der Waals surface area contributed by atoms with Crippen molar-refractivity contribution >= 4 is 17.7 Å². The van der Waals surface area contributed by atoms with E-state index in [9.17, 15) is 8.78 Å². The highest BCUT2D eigenvalue weighted by Gasteiger charge is 2.24. The number of halogens is 2. The number of benzene rings is 1. The molecule has 23 heavy (non-hydrogen) atoms. The van der Waals surface area contributed by atoms with Gasteiger partial charge in [0.15, 0.2) is 5.96 Å². The summed E-state index contributed by atoms with van der Waals surface area (Å²) in [6, 6.07) is 3.98. The molecule has 2 rings (SSSR count). The number of hydrogen-bond donors (Lipinski definition) is 2. The lowest BCUT2D eigenvalue weighted by molar-refractivity contribution is 0.584. The largest absolute Gasteiger partial charge is 0.357 e. The highest BCUT2D eigenvalue weighted by Crippen LogP contribution is 2.28. The fraction of sp³-hybridized carbons (Fsp3) is 0.588. The summed E-state index contributed by atoms with van der Waals surface area (Å²) in [5, 5.41) is 7.39. The lowest BCUT2D eigenvalue weighted by Crippen LogP contribution is -2.42. The Morgan fingerprint density at radius 1 is 1.35 bits per heavy atom. The van der Waals surface area contributed by atoms with E-state index in [0.717, 1.165) is 36.7 Å². The van der Waals surface area contributed by atoms with Crippen molar-refractivity contribution in [1.82, 2.24) is 10.6 Å². The molecule has 0 heterocycles. The van der Waals surface area contributed by atoms with Crippen molar-refractivity contribution in [3.8, 4) is 0 Å². The molecule has 1 aliphatic rings. The van der Waals surface area contributed by atoms with Crippen LogP contribution >= 0.6 is 11.8 Å². The quantitative estimate of drug-likeness (QED) is 0.615. The second-order valence-electron chi connectivity index (χ2n) is 5.76. The summed E-state index contributed by atoms with van der Waals surface area (Å²) < 4.78 is 26.8. The van der Waals surface area contributed by atoms with Crippen LogP contribution in [0.5, 0.6) is 0 Å². The van der Waals surface area contributed by atoms with Crippen LogP contribution in [-0.2, 0) is 6.42 Å². The first-order chi connectivity index (χ1) is 11.1. The van der Waals surface area contributed by atoms with Gasteiger partial charge in [-0.2, -0.15) is 11.8 Å². The summed E-state index contributed by atoms with van der Waals surface area (Å²) in [7, 11) is 0. The molecular formula is C17H25F2N3S. The fourth-order valence-corrected chi connectivity index (χ4v) is 3.62. The van der Waals surface area contributed by atoms with E-state index in [1.54, 1.807) is 0 Å². The number of rotatable bonds is 6. The molecule has 2 N–H and O–H groups in total. The molecule has 6 heteroatoms. The Bertz CT molecular complexity index is 537. The summed E-state index contributed by atoms with van der Waals surface area (Å²) >= 11 is 1.92. The molecule has 1 aromatic carbocycles. The van der Waals surface area contributed by atoms with E-state index in [4.69, 9.17) is 0 Å². The van der Waals surface area contributed by atoms with Gasteiger partial charge in [-0.3, -0.25) is 4.99 Å². The van der Waals surface area contributed by atoms with Crippen molar-refractivity contribution in [2.24, 2.45) is 4.99 Å². The highest BCUT2D eigenvalue weighted by atomic mass is 32.2. The number of thioether (sulfide) groups is 1. The predicted molar refractivity (Wildman–Crippen MR) is 94.1 cm³/mol. The summed E-state index contributed by atoms with van der Waals surface area (Å²) in [5.74, 6) is -0.0290. The number of guanidine groups is 1. The minimum absolute atomic E-state index is 0.368. The van der Waals surface area contributed by atoms with Crippen molar-refractivity contribution in [2.75, 3.05) is 19.3 Å². The van der Waals surface area contributed by atoms with E-state index in [2.05, 4.69) is 21.9 Å². The molecule has 1 saturated carbocycles. The van der Waals surface area contributed by atoms with Crippen molar-refractivity contribution < 1.29 is 8.78 Å². The summed E-state index contributed by atoms with van der Waals surface area (Å²) in [6.45, 7) is 3.22. The van der Waals surface area contributed by atoms with E-state index >= 15 is 0 Å². The van der Waals surface area contributed by atoms with Crippen LogP contribution in [0.25, 0.3) is 0 Å². The van der Waals surface area contributed by atoms with Crippen molar-refractivity contribution in [1.29, 1.82) is 0 Å². The Kier molecular flexibility index (Phi) is 7.15. The SMILES string of the molecule is CCNC(=NCCc1cc(F)ccc1F)NC1CCC(SC)C1. The summed E-state index contributed by atoms with van der Waals surface area (Å²) in [5.41, 5.74) is 0.368. The zero-order valence-corrected chi connectivity index (χ0v) is 14.6. The van der Waals surface area contributed by atoms with E-state index in [0.29, 0.717) is 24.6 Å². The molecule has 3 nitrogen and oxygen atoms in total. The second kappa shape index (κ2) is 9.11. The standard InChI is InChI=1S/C17H25F2N3S/c1-3-20-17(22-14-5-6-15(11-14)23-2)21-9-8-12-10-13(18)4-7-16(12)19/h4,7,10,14-15H,3,5-6,8-9,11H2,1-2H3,(H2,20,21,22). The van der Waals surface area contributed by atoms with Gasteiger partial charge >= 0.3 is 0 Å². The molecular weight excluding hydrogens is 316 g/mol. The Balaban J connectivity index is 1.89. The summed E-state index contributed by atoms with van der Waals surface area (Å²) in [6.07, 6.45) is 6.06. The molecule has 2 unspecified atom stereocenters. The first-order valence-electron chi connectivity index (χ1n) is 8.14. The maximum absolute atomic E-state index is 13.6. The zero-order chi connectivity index (χ0) is 16.7. The van der Waals surface area contributed by atoms with Gasteiger partial charge in [0, 0.05) is 24.4 Å². The van der Waals surface area contributed by atoms with Crippen LogP contribution in [0, 0.1) is 11.6 Å². The van der Waals surface area contributed by atoms with E-state index < -0.39 is 5.82 Å². The highest BCUT2D eigenvalue weighted by molar-refractivity contribution is 7.99. The molecule has 1 aromatic rings. The van der Waals surface area contributed by atoms with Crippen LogP contribution in [-0.4, -0.2) is 36.6 Å². The maximum Gasteiger partial charge on any atom is 0.191 e. The third-order valence-electron chi connectivity index (χ3n) is 4.06. The minimum Gasteiger partial charge on any atom is -0.357 e. The molecule has 1 aliphatic carbocycles. The van der Waals surface area contributed by atoms with Crippen molar-refractivity contribution in [3.05, 3.63) is 35.4 Å². The Hall–Kier alpha value is -1.30. The number of nitrogens with one attached hydrogen (secondary N) is 2. The average Bonchev–Trinajstić information content (AvgIpc) is 2.98. The maximum atomic E-state index is 13.6. The molecule has 1 fully saturated rings. The first-order valence-corrected chi connectivity index (χ1v) is 9.42. The van der Waals surface area contributed by atoms with Gasteiger partial charge in [-0.1, -0.05) is 0 Å². The lowest BCUT2D eigenvalue weighted by atomic mass is 10.1. The molecule has 0 aliphatic heterocycles. The van der Waals surface area contributed by atoms with Crippen LogP contribution in [0.1, 0.15) is 31.7 Å². The van der Waals surface area contributed by atoms with E-state index in [1.165, 1.54) is 18.6 Å². The molecule has 2 atom stereocenters. The average molecular weight is 341 g/mol. The minimum atomic E-state index is -0.413. The Morgan fingerprint density at radius 3 is 2.87 bits per heavy atom. The smallest absolute Gasteiger partial charge is 0.191 e. The fourth-order valence-electron chi connectivity index (χ4n) is 2.82. The third kappa shape index (κ3) is 5.68. The molecule has 0 saturated heterocycles. The first kappa shape index (κ1) is 18.0. The van der Waals surface area contributed by atoms with Crippen LogP contribution in [0.15, 0.2) is 23.2 Å². The van der Waals surface area contributed by atoms with Gasteiger partial charge in [0.05, 0.1) is 0 Å². The molecule has 0 amide bonds. The topological polar surface area (TPSA) is 36.4 Å². The van der Waals surface area contributed by atoms with Crippen LogP contribution < -0.4 is 10.6 Å². The molecule has 0 spiro atoms. The zero-order valence-electron chi connectivity index (χ0n) is 13.7. The molecule has 128 valence electrons. The van der Waals surface area contributed by atoms with Crippen molar-refractivity contribution in [3.63, 3.8) is 0 Å². The van der Waals surface area contributed by atoms with E-state index in [-0.39, 0.29) is 5.82 Å². The Labute approximate surface area is 141 Å². The van der Waals surface area contributed by atoms with Gasteiger partial charge in [0.1, 0.15) is 11.6 Å². The van der Waals surface area contributed by atoms with Crippen molar-refractivity contribution in [2.45, 2.75) is 43.9 Å². The van der Waals surface area contributed by atoms with Gasteiger partial charge in [-0.25, -0.2) is 8.78 Å². The van der Waals surface area contributed by atoms with Gasteiger partial charge in [0.25, 0.3) is 0 Å². The molecule has 0 bridgehead atoms. The Morgan fingerprint density at radius 2 is 2.17 bits per heavy atom. The second-order valence-corrected chi connectivity index (χ2v) is 6.90. The normalized spacial score (nSPS) is 21.5. The number of aliphatic imine (C=N–C) groups is 1. The predicted octanol–water partition coefficient (Wildman–Crippen LogP) is 3.35. The monoisotopic (exact) mass is 341 g/mol. The third-order valence-corrected chi connectivity index (χ3v) is 5.16. The molecule has 0 radical (unpaired) electrons.